The minimum atomic E-state index is -1.07. The number of nitro benzene ring substituents is 1. The second-order valence-corrected chi connectivity index (χ2v) is 2.32. The number of nitrogens with zero attached hydrogens (tertiary/aromatic N) is 4. The summed E-state index contributed by atoms with van der Waals surface area (Å²) < 4.78 is 0. The molecular formula is C7H4N4O4. The fraction of sp³-hybridized carbons (Fsp3) is 0. The number of carbonyl (C=O) groups excluding carboxylic acids is 1. The van der Waals surface area contributed by atoms with Gasteiger partial charge in [0.1, 0.15) is 10.8 Å². The number of carbonyl (C=O) groups is 1. The van der Waals surface area contributed by atoms with Gasteiger partial charge in [-0.2, -0.15) is 0 Å². The van der Waals surface area contributed by atoms with Gasteiger partial charge in [-0.3, -0.25) is 10.1 Å². The predicted octanol–water partition coefficient (Wildman–Crippen LogP) is 1.98. The van der Waals surface area contributed by atoms with Crippen molar-refractivity contribution >= 4 is 11.7 Å². The molecule has 8 heteroatoms. The molecule has 0 aliphatic carbocycles. The molecule has 0 bridgehead atoms. The zero-order valence-electron chi connectivity index (χ0n) is 7.23. The van der Waals surface area contributed by atoms with Crippen LogP contribution in [0.1, 0.15) is 10.4 Å². The standard InChI is InChI=1S/C7H4N4O4/c8-9-10-15-7(12)5-3-1-2-4-6(5)11(13)14/h1-4H. The smallest absolute Gasteiger partial charge is 0.355 e. The first-order chi connectivity index (χ1) is 7.16. The molecule has 0 fully saturated rings. The first kappa shape index (κ1) is 10.5. The fourth-order valence-electron chi connectivity index (χ4n) is 0.910. The lowest BCUT2D eigenvalue weighted by Crippen LogP contribution is -2.04. The molecule has 0 atom stereocenters. The molecule has 0 amide bonds. The van der Waals surface area contributed by atoms with E-state index >= 15 is 0 Å². The number of nitro groups is 1. The van der Waals surface area contributed by atoms with E-state index in [4.69, 9.17) is 5.53 Å². The SMILES string of the molecule is [N-]=[N+]=NOC(=O)c1ccccc1[N+](=O)[O-]. The molecule has 76 valence electrons. The fourth-order valence-corrected chi connectivity index (χ4v) is 0.910. The topological polar surface area (TPSA) is 118 Å². The highest BCUT2D eigenvalue weighted by Crippen LogP contribution is 2.18. The summed E-state index contributed by atoms with van der Waals surface area (Å²) in [5.74, 6) is -1.07. The monoisotopic (exact) mass is 208 g/mol. The molecule has 0 unspecified atom stereocenters. The number of hydrogen-bond acceptors (Lipinski definition) is 5. The molecule has 0 aromatic heterocycles. The lowest BCUT2D eigenvalue weighted by atomic mass is 10.2. The van der Waals surface area contributed by atoms with E-state index in [0.717, 1.165) is 6.07 Å². The minimum absolute atomic E-state index is 0.269. The van der Waals surface area contributed by atoms with Crippen LogP contribution in [0.15, 0.2) is 29.5 Å². The Kier molecular flexibility index (Phi) is 3.20. The molecular weight excluding hydrogens is 204 g/mol. The highest BCUT2D eigenvalue weighted by Gasteiger charge is 2.20. The van der Waals surface area contributed by atoms with E-state index in [1.165, 1.54) is 18.2 Å². The first-order valence-electron chi connectivity index (χ1n) is 3.66. The van der Waals surface area contributed by atoms with Crippen LogP contribution in [0.25, 0.3) is 10.4 Å². The third-order valence-electron chi connectivity index (χ3n) is 1.48. The number of azide groups is 1. The maximum atomic E-state index is 11.1. The van der Waals surface area contributed by atoms with Crippen molar-refractivity contribution in [2.45, 2.75) is 0 Å². The van der Waals surface area contributed by atoms with Gasteiger partial charge in [0.15, 0.2) is 0 Å². The number of para-hydroxylation sites is 1. The first-order valence-corrected chi connectivity index (χ1v) is 3.66. The molecule has 8 nitrogen and oxygen atoms in total. The summed E-state index contributed by atoms with van der Waals surface area (Å²) >= 11 is 0. The Balaban J connectivity index is 3.07. The zero-order chi connectivity index (χ0) is 11.3. The number of benzene rings is 1. The number of rotatable bonds is 3. The average Bonchev–Trinajstić information content (AvgIpc) is 2.25. The van der Waals surface area contributed by atoms with Gasteiger partial charge in [0.25, 0.3) is 5.69 Å². The van der Waals surface area contributed by atoms with E-state index in [1.54, 1.807) is 0 Å². The highest BCUT2D eigenvalue weighted by molar-refractivity contribution is 5.93. The highest BCUT2D eigenvalue weighted by atomic mass is 16.7. The Labute approximate surface area is 82.8 Å². The van der Waals surface area contributed by atoms with E-state index in [1.807, 2.05) is 0 Å². The van der Waals surface area contributed by atoms with Crippen LogP contribution in [0.2, 0.25) is 0 Å². The summed E-state index contributed by atoms with van der Waals surface area (Å²) in [7, 11) is 0. The molecule has 0 N–H and O–H groups in total. The van der Waals surface area contributed by atoms with Crippen molar-refractivity contribution in [1.82, 2.24) is 0 Å². The maximum absolute atomic E-state index is 11.1. The van der Waals surface area contributed by atoms with Gasteiger partial charge >= 0.3 is 5.97 Å². The maximum Gasteiger partial charge on any atom is 0.356 e. The predicted molar refractivity (Wildman–Crippen MR) is 47.7 cm³/mol. The molecule has 15 heavy (non-hydrogen) atoms. The van der Waals surface area contributed by atoms with E-state index < -0.39 is 16.6 Å². The van der Waals surface area contributed by atoms with Crippen molar-refractivity contribution < 1.29 is 14.6 Å². The molecule has 0 aliphatic rings. The summed E-state index contributed by atoms with van der Waals surface area (Å²) in [6.07, 6.45) is 0. The largest absolute Gasteiger partial charge is 0.356 e. The van der Waals surface area contributed by atoms with Crippen LogP contribution < -0.4 is 0 Å². The van der Waals surface area contributed by atoms with Gasteiger partial charge in [0.2, 0.25) is 0 Å². The van der Waals surface area contributed by atoms with Crippen LogP contribution in [-0.4, -0.2) is 10.9 Å². The molecule has 1 aromatic rings. The summed E-state index contributed by atoms with van der Waals surface area (Å²) in [6, 6.07) is 5.18. The van der Waals surface area contributed by atoms with Crippen LogP contribution >= 0.6 is 0 Å². The van der Waals surface area contributed by atoms with Crippen molar-refractivity contribution in [2.75, 3.05) is 0 Å². The van der Waals surface area contributed by atoms with Crippen molar-refractivity contribution in [3.8, 4) is 0 Å². The van der Waals surface area contributed by atoms with E-state index in [0.29, 0.717) is 0 Å². The average molecular weight is 208 g/mol. The Bertz CT molecular complexity index is 452. The van der Waals surface area contributed by atoms with Crippen LogP contribution in [0, 0.1) is 10.1 Å². The molecule has 1 aromatic carbocycles. The Morgan fingerprint density at radius 3 is 2.80 bits per heavy atom. The van der Waals surface area contributed by atoms with Gasteiger partial charge in [0.05, 0.1) is 4.92 Å². The molecule has 0 heterocycles. The van der Waals surface area contributed by atoms with E-state index in [9.17, 15) is 14.9 Å². The van der Waals surface area contributed by atoms with Crippen LogP contribution in [0.5, 0.6) is 0 Å². The lowest BCUT2D eigenvalue weighted by Gasteiger charge is -1.98. The van der Waals surface area contributed by atoms with Crippen LogP contribution in [0.3, 0.4) is 0 Å². The van der Waals surface area contributed by atoms with Crippen molar-refractivity contribution in [2.24, 2.45) is 5.28 Å². The summed E-state index contributed by atoms with van der Waals surface area (Å²) in [5, 5.41) is 13.1. The normalized spacial score (nSPS) is 8.80. The lowest BCUT2D eigenvalue weighted by molar-refractivity contribution is -0.385. The summed E-state index contributed by atoms with van der Waals surface area (Å²) in [5.41, 5.74) is 7.21. The zero-order valence-corrected chi connectivity index (χ0v) is 7.23. The van der Waals surface area contributed by atoms with Crippen molar-refractivity contribution in [1.29, 1.82) is 0 Å². The molecule has 1 rings (SSSR count). The van der Waals surface area contributed by atoms with Gasteiger partial charge in [-0.05, 0) is 11.6 Å². The summed E-state index contributed by atoms with van der Waals surface area (Å²) in [6.45, 7) is 0. The molecule has 0 saturated carbocycles. The molecule has 0 aliphatic heterocycles. The molecule has 0 saturated heterocycles. The Morgan fingerprint density at radius 1 is 1.53 bits per heavy atom. The Hall–Kier alpha value is -2.60. The van der Waals surface area contributed by atoms with Crippen LogP contribution in [-0.2, 0) is 4.84 Å². The second kappa shape index (κ2) is 4.58. The van der Waals surface area contributed by atoms with Gasteiger partial charge in [-0.25, -0.2) is 4.79 Å². The second-order valence-electron chi connectivity index (χ2n) is 2.32. The van der Waals surface area contributed by atoms with Crippen molar-refractivity contribution in [3.05, 3.63) is 50.4 Å². The quantitative estimate of drug-likeness (QED) is 0.248. The Morgan fingerprint density at radius 2 is 2.20 bits per heavy atom. The number of hydrogen-bond donors (Lipinski definition) is 0. The third kappa shape index (κ3) is 2.42. The van der Waals surface area contributed by atoms with Gasteiger partial charge in [-0.1, -0.05) is 12.1 Å². The van der Waals surface area contributed by atoms with Gasteiger partial charge in [0, 0.05) is 11.0 Å². The third-order valence-corrected chi connectivity index (χ3v) is 1.48. The minimum Gasteiger partial charge on any atom is -0.355 e. The summed E-state index contributed by atoms with van der Waals surface area (Å²) in [4.78, 5) is 27.1. The van der Waals surface area contributed by atoms with Crippen molar-refractivity contribution in [3.63, 3.8) is 0 Å². The van der Waals surface area contributed by atoms with Gasteiger partial charge < -0.3 is 4.84 Å². The van der Waals surface area contributed by atoms with Crippen LogP contribution in [0.4, 0.5) is 5.69 Å². The molecule has 0 spiro atoms. The molecule has 0 radical (unpaired) electrons. The van der Waals surface area contributed by atoms with Gasteiger partial charge in [-0.15, -0.1) is 0 Å². The van der Waals surface area contributed by atoms with E-state index in [-0.39, 0.29) is 5.56 Å². The van der Waals surface area contributed by atoms with E-state index in [2.05, 4.69) is 15.0 Å².